The first-order chi connectivity index (χ1) is 18.9. The summed E-state index contributed by atoms with van der Waals surface area (Å²) >= 11 is 0. The summed E-state index contributed by atoms with van der Waals surface area (Å²) in [7, 11) is 0. The number of hydrogen-bond donors (Lipinski definition) is 3. The molecule has 0 unspecified atom stereocenters. The van der Waals surface area contributed by atoms with E-state index >= 15 is 0 Å². The molecule has 0 aliphatic carbocycles. The Balaban J connectivity index is 0.00000560. The molecule has 2 heterocycles. The third-order valence-corrected chi connectivity index (χ3v) is 6.44. The fourth-order valence-electron chi connectivity index (χ4n) is 4.33. The molecule has 0 saturated carbocycles. The second kappa shape index (κ2) is 18.4. The molecular weight excluding hydrogens is 546 g/mol. The first-order valence-electron chi connectivity index (χ1n) is 13.4. The summed E-state index contributed by atoms with van der Waals surface area (Å²) in [6.07, 6.45) is 1.40. The Hall–Kier alpha value is -3.02. The molecule has 1 aromatic carbocycles. The zero-order chi connectivity index (χ0) is 27.9. The van der Waals surface area contributed by atoms with Crippen LogP contribution in [0.4, 0.5) is 19.4 Å². The summed E-state index contributed by atoms with van der Waals surface area (Å²) in [6.45, 7) is 1.77. The van der Waals surface area contributed by atoms with E-state index in [4.69, 9.17) is 14.5 Å². The van der Waals surface area contributed by atoms with Crippen LogP contribution >= 0.6 is 12.4 Å². The summed E-state index contributed by atoms with van der Waals surface area (Å²) in [6, 6.07) is 12.1. The lowest BCUT2D eigenvalue weighted by molar-refractivity contribution is -0.139. The molecule has 3 rings (SSSR count). The van der Waals surface area contributed by atoms with Crippen LogP contribution in [0.1, 0.15) is 42.5 Å². The van der Waals surface area contributed by atoms with E-state index in [0.29, 0.717) is 19.6 Å². The van der Waals surface area contributed by atoms with E-state index in [-0.39, 0.29) is 32.0 Å². The summed E-state index contributed by atoms with van der Waals surface area (Å²) in [5, 5.41) is 15.4. The molecule has 1 aliphatic heterocycles. The summed E-state index contributed by atoms with van der Waals surface area (Å²) in [5.41, 5.74) is 3.04. The van der Waals surface area contributed by atoms with Gasteiger partial charge in [0.05, 0.1) is 6.61 Å². The van der Waals surface area contributed by atoms with E-state index in [1.165, 1.54) is 5.56 Å². The number of carboxylic acid groups (broad SMARTS) is 1. The van der Waals surface area contributed by atoms with Gasteiger partial charge in [-0.2, -0.15) is 0 Å². The highest BCUT2D eigenvalue weighted by Crippen LogP contribution is 2.20. The van der Waals surface area contributed by atoms with Crippen LogP contribution in [0.15, 0.2) is 42.5 Å². The Bertz CT molecular complexity index is 1040. The largest absolute Gasteiger partial charge is 0.480 e. The van der Waals surface area contributed by atoms with Gasteiger partial charge in [-0.05, 0) is 62.3 Å². The monoisotopic (exact) mass is 584 g/mol. The number of pyridine rings is 1. The fraction of sp³-hybridized carbons (Fsp3) is 0.536. The van der Waals surface area contributed by atoms with Gasteiger partial charge in [-0.25, -0.2) is 23.4 Å². The fourth-order valence-corrected chi connectivity index (χ4v) is 4.33. The smallest absolute Gasteiger partial charge is 0.408 e. The SMILES string of the molecule is Cl.O=C(N[C@@H](CCN(CCCCc1ccc2c(n1)NCCC2)CCOCC(F)F)C(=O)O)OCc1ccccc1. The number of fused-ring (bicyclic) bond motifs is 1. The maximum absolute atomic E-state index is 12.4. The van der Waals surface area contributed by atoms with E-state index in [0.717, 1.165) is 55.7 Å². The normalized spacial score (nSPS) is 13.2. The minimum Gasteiger partial charge on any atom is -0.480 e. The predicted octanol–water partition coefficient (Wildman–Crippen LogP) is 4.54. The van der Waals surface area contributed by atoms with Gasteiger partial charge in [0.15, 0.2) is 0 Å². The van der Waals surface area contributed by atoms with Gasteiger partial charge in [-0.3, -0.25) is 0 Å². The highest BCUT2D eigenvalue weighted by molar-refractivity contribution is 5.85. The maximum atomic E-state index is 12.4. The Labute approximate surface area is 240 Å². The van der Waals surface area contributed by atoms with Crippen molar-refractivity contribution in [3.63, 3.8) is 0 Å². The van der Waals surface area contributed by atoms with E-state index in [9.17, 15) is 23.5 Å². The number of amides is 1. The van der Waals surface area contributed by atoms with Crippen LogP contribution in [-0.4, -0.2) is 78.9 Å². The second-order valence-corrected chi connectivity index (χ2v) is 9.49. The molecule has 12 heteroatoms. The number of carboxylic acids is 1. The topological polar surface area (TPSA) is 113 Å². The zero-order valence-electron chi connectivity index (χ0n) is 22.5. The van der Waals surface area contributed by atoms with Crippen molar-refractivity contribution in [1.29, 1.82) is 0 Å². The Kier molecular flexibility index (Phi) is 15.2. The van der Waals surface area contributed by atoms with Gasteiger partial charge in [0.1, 0.15) is 25.1 Å². The van der Waals surface area contributed by atoms with Crippen LogP contribution in [0.5, 0.6) is 0 Å². The summed E-state index contributed by atoms with van der Waals surface area (Å²) in [4.78, 5) is 30.6. The van der Waals surface area contributed by atoms with Crippen LogP contribution in [-0.2, 0) is 33.7 Å². The molecule has 2 aromatic rings. The van der Waals surface area contributed by atoms with Crippen LogP contribution in [0.3, 0.4) is 0 Å². The average Bonchev–Trinajstić information content (AvgIpc) is 2.94. The molecule has 1 aromatic heterocycles. The molecule has 1 aliphatic rings. The molecule has 222 valence electrons. The first kappa shape index (κ1) is 33.2. The minimum atomic E-state index is -2.54. The molecule has 9 nitrogen and oxygen atoms in total. The summed E-state index contributed by atoms with van der Waals surface area (Å²) < 4.78 is 35.1. The lowest BCUT2D eigenvalue weighted by Gasteiger charge is -2.24. The average molecular weight is 585 g/mol. The summed E-state index contributed by atoms with van der Waals surface area (Å²) in [5.74, 6) is -0.210. The van der Waals surface area contributed by atoms with Crippen molar-refractivity contribution in [1.82, 2.24) is 15.2 Å². The van der Waals surface area contributed by atoms with Crippen molar-refractivity contribution >= 4 is 30.3 Å². The maximum Gasteiger partial charge on any atom is 0.408 e. The van der Waals surface area contributed by atoms with Crippen LogP contribution in [0.25, 0.3) is 0 Å². The second-order valence-electron chi connectivity index (χ2n) is 9.49. The van der Waals surface area contributed by atoms with Crippen molar-refractivity contribution in [2.45, 2.75) is 57.6 Å². The zero-order valence-corrected chi connectivity index (χ0v) is 23.3. The highest BCUT2D eigenvalue weighted by Gasteiger charge is 2.22. The predicted molar refractivity (Wildman–Crippen MR) is 150 cm³/mol. The Morgan fingerprint density at radius 2 is 1.90 bits per heavy atom. The van der Waals surface area contributed by atoms with Crippen molar-refractivity contribution in [2.24, 2.45) is 0 Å². The number of nitrogens with zero attached hydrogens (tertiary/aromatic N) is 2. The number of anilines is 1. The molecule has 3 N–H and O–H groups in total. The third-order valence-electron chi connectivity index (χ3n) is 6.44. The first-order valence-corrected chi connectivity index (χ1v) is 13.4. The lowest BCUT2D eigenvalue weighted by Crippen LogP contribution is -2.43. The number of ether oxygens (including phenoxy) is 2. The molecule has 1 atom stereocenters. The molecular formula is C28H39ClF2N4O5. The standard InChI is InChI=1S/C28H38F2N4O5.ClH/c29-25(30)20-38-18-17-34(15-5-4-10-23-12-11-22-9-6-14-31-26(22)32-23)16-13-24(27(35)36)33-28(37)39-19-21-7-2-1-3-8-21;/h1-3,7-8,11-12,24-25H,4-6,9-10,13-20H2,(H,31,32)(H,33,37)(H,35,36);1H/t24-;/m0./s1. The third kappa shape index (κ3) is 12.4. The number of carbonyl (C=O) groups is 2. The van der Waals surface area contributed by atoms with Crippen LogP contribution in [0.2, 0.25) is 0 Å². The number of aromatic nitrogens is 1. The van der Waals surface area contributed by atoms with Gasteiger partial charge in [-0.1, -0.05) is 36.4 Å². The van der Waals surface area contributed by atoms with Gasteiger partial charge in [0, 0.05) is 25.3 Å². The number of carbonyl (C=O) groups excluding carboxylic acids is 1. The van der Waals surface area contributed by atoms with E-state index in [1.54, 1.807) is 12.1 Å². The van der Waals surface area contributed by atoms with Gasteiger partial charge < -0.3 is 30.1 Å². The number of nitrogens with one attached hydrogen (secondary N) is 2. The number of alkyl halides is 2. The molecule has 0 radical (unpaired) electrons. The van der Waals surface area contributed by atoms with Crippen molar-refractivity contribution in [3.05, 3.63) is 59.3 Å². The number of rotatable bonds is 17. The van der Waals surface area contributed by atoms with E-state index in [1.807, 2.05) is 23.1 Å². The molecule has 0 fully saturated rings. The van der Waals surface area contributed by atoms with Crippen LogP contribution in [0, 0.1) is 0 Å². The van der Waals surface area contributed by atoms with Crippen LogP contribution < -0.4 is 10.6 Å². The highest BCUT2D eigenvalue weighted by atomic mass is 35.5. The number of hydrogen-bond acceptors (Lipinski definition) is 7. The van der Waals surface area contributed by atoms with Gasteiger partial charge >= 0.3 is 12.1 Å². The van der Waals surface area contributed by atoms with Crippen molar-refractivity contribution in [2.75, 3.05) is 44.7 Å². The van der Waals surface area contributed by atoms with Gasteiger partial charge in [0.2, 0.25) is 0 Å². The quantitative estimate of drug-likeness (QED) is 0.232. The minimum absolute atomic E-state index is 0. The number of unbranched alkanes of at least 4 members (excludes halogenated alkanes) is 1. The van der Waals surface area contributed by atoms with Crippen molar-refractivity contribution < 1.29 is 33.0 Å². The molecule has 40 heavy (non-hydrogen) atoms. The van der Waals surface area contributed by atoms with Gasteiger partial charge in [0.25, 0.3) is 6.43 Å². The molecule has 0 saturated heterocycles. The molecule has 0 spiro atoms. The van der Waals surface area contributed by atoms with E-state index in [2.05, 4.69) is 22.8 Å². The number of alkyl carbamates (subject to hydrolysis) is 1. The number of aliphatic carboxylic acids is 1. The lowest BCUT2D eigenvalue weighted by atomic mass is 10.1. The Morgan fingerprint density at radius 3 is 2.65 bits per heavy atom. The van der Waals surface area contributed by atoms with E-state index < -0.39 is 31.1 Å². The molecule has 1 amide bonds. The Morgan fingerprint density at radius 1 is 1.10 bits per heavy atom. The molecule has 0 bridgehead atoms. The number of aryl methyl sites for hydroxylation is 2. The van der Waals surface area contributed by atoms with Crippen molar-refractivity contribution in [3.8, 4) is 0 Å². The number of halogens is 3. The number of benzene rings is 1. The van der Waals surface area contributed by atoms with Gasteiger partial charge in [-0.15, -0.1) is 12.4 Å².